The second-order valence-corrected chi connectivity index (χ2v) is 6.94. The number of para-hydroxylation sites is 3. The minimum Gasteiger partial charge on any atom is -0.455 e. The van der Waals surface area contributed by atoms with E-state index in [-0.39, 0.29) is 37.1 Å². The lowest BCUT2D eigenvalue weighted by atomic mass is 10.1. The van der Waals surface area contributed by atoms with Gasteiger partial charge in [0.25, 0.3) is 5.91 Å². The van der Waals surface area contributed by atoms with E-state index in [1.165, 1.54) is 4.90 Å². The van der Waals surface area contributed by atoms with Crippen LogP contribution in [0.25, 0.3) is 0 Å². The number of anilines is 1. The number of hydrogen-bond acceptors (Lipinski definition) is 4. The molecule has 1 N–H and O–H groups in total. The third-order valence-corrected chi connectivity index (χ3v) is 4.82. The molecule has 3 amide bonds. The standard InChI is InChI=1S/C24H20N2O4/c27-22-14-15-23(28)26(22)16-17-10-12-18(13-11-17)24(29)25-20-8-4-5-9-21(20)30-19-6-2-1-3-7-19/h1-13H,14-16H2,(H,25,29). The van der Waals surface area contributed by atoms with Crippen LogP contribution in [0.5, 0.6) is 11.5 Å². The van der Waals surface area contributed by atoms with E-state index in [9.17, 15) is 14.4 Å². The summed E-state index contributed by atoms with van der Waals surface area (Å²) in [4.78, 5) is 37.5. The monoisotopic (exact) mass is 400 g/mol. The summed E-state index contributed by atoms with van der Waals surface area (Å²) >= 11 is 0. The zero-order valence-corrected chi connectivity index (χ0v) is 16.2. The van der Waals surface area contributed by atoms with E-state index in [1.807, 2.05) is 42.5 Å². The minimum atomic E-state index is -0.279. The summed E-state index contributed by atoms with van der Waals surface area (Å²) in [6.07, 6.45) is 0.535. The summed E-state index contributed by atoms with van der Waals surface area (Å²) < 4.78 is 5.88. The van der Waals surface area contributed by atoms with Crippen molar-refractivity contribution in [1.29, 1.82) is 0 Å². The molecule has 30 heavy (non-hydrogen) atoms. The number of nitrogens with one attached hydrogen (secondary N) is 1. The highest BCUT2D eigenvalue weighted by molar-refractivity contribution is 6.05. The van der Waals surface area contributed by atoms with Crippen molar-refractivity contribution in [3.8, 4) is 11.5 Å². The summed E-state index contributed by atoms with van der Waals surface area (Å²) in [5, 5.41) is 2.87. The number of rotatable bonds is 6. The van der Waals surface area contributed by atoms with Gasteiger partial charge in [-0.25, -0.2) is 0 Å². The number of carbonyl (C=O) groups excluding carboxylic acids is 3. The van der Waals surface area contributed by atoms with Gasteiger partial charge in [-0.05, 0) is 42.0 Å². The Bertz CT molecular complexity index is 1060. The molecule has 0 aromatic heterocycles. The number of hydrogen-bond donors (Lipinski definition) is 1. The highest BCUT2D eigenvalue weighted by Crippen LogP contribution is 2.29. The molecule has 6 nitrogen and oxygen atoms in total. The molecule has 150 valence electrons. The molecule has 0 spiro atoms. The van der Waals surface area contributed by atoms with Crippen LogP contribution < -0.4 is 10.1 Å². The van der Waals surface area contributed by atoms with Gasteiger partial charge in [0.2, 0.25) is 11.8 Å². The predicted molar refractivity (Wildman–Crippen MR) is 112 cm³/mol. The van der Waals surface area contributed by atoms with Crippen LogP contribution in [-0.2, 0) is 16.1 Å². The van der Waals surface area contributed by atoms with Crippen molar-refractivity contribution in [2.24, 2.45) is 0 Å². The maximum Gasteiger partial charge on any atom is 0.255 e. The van der Waals surface area contributed by atoms with Crippen LogP contribution in [0.1, 0.15) is 28.8 Å². The number of carbonyl (C=O) groups is 3. The van der Waals surface area contributed by atoms with Gasteiger partial charge in [-0.2, -0.15) is 0 Å². The molecular weight excluding hydrogens is 380 g/mol. The lowest BCUT2D eigenvalue weighted by Crippen LogP contribution is -2.28. The van der Waals surface area contributed by atoms with Gasteiger partial charge in [-0.15, -0.1) is 0 Å². The third-order valence-electron chi connectivity index (χ3n) is 4.82. The number of nitrogens with zero attached hydrogens (tertiary/aromatic N) is 1. The average molecular weight is 400 g/mol. The molecular formula is C24H20N2O4. The highest BCUT2D eigenvalue weighted by Gasteiger charge is 2.28. The van der Waals surface area contributed by atoms with Crippen LogP contribution in [-0.4, -0.2) is 22.6 Å². The fourth-order valence-electron chi connectivity index (χ4n) is 3.21. The van der Waals surface area contributed by atoms with Crippen molar-refractivity contribution in [3.05, 3.63) is 90.0 Å². The van der Waals surface area contributed by atoms with Crippen LogP contribution in [0, 0.1) is 0 Å². The summed E-state index contributed by atoms with van der Waals surface area (Å²) in [5.74, 6) is 0.627. The first-order valence-electron chi connectivity index (χ1n) is 9.65. The average Bonchev–Trinajstić information content (AvgIpc) is 3.08. The van der Waals surface area contributed by atoms with E-state index in [0.717, 1.165) is 5.56 Å². The highest BCUT2D eigenvalue weighted by atomic mass is 16.5. The molecule has 4 rings (SSSR count). The maximum atomic E-state index is 12.7. The van der Waals surface area contributed by atoms with Gasteiger partial charge in [-0.3, -0.25) is 19.3 Å². The molecule has 0 atom stereocenters. The summed E-state index contributed by atoms with van der Waals surface area (Å²) in [6, 6.07) is 23.4. The van der Waals surface area contributed by atoms with Crippen molar-refractivity contribution in [2.45, 2.75) is 19.4 Å². The normalized spacial score (nSPS) is 13.4. The largest absolute Gasteiger partial charge is 0.455 e. The fraction of sp³-hybridized carbons (Fsp3) is 0.125. The molecule has 0 aliphatic carbocycles. The zero-order valence-electron chi connectivity index (χ0n) is 16.2. The van der Waals surface area contributed by atoms with Gasteiger partial charge < -0.3 is 10.1 Å². The SMILES string of the molecule is O=C(Nc1ccccc1Oc1ccccc1)c1ccc(CN2C(=O)CCC2=O)cc1. The number of ether oxygens (including phenoxy) is 1. The molecule has 1 fully saturated rings. The van der Waals surface area contributed by atoms with Crippen molar-refractivity contribution < 1.29 is 19.1 Å². The van der Waals surface area contributed by atoms with E-state index < -0.39 is 0 Å². The minimum absolute atomic E-state index is 0.156. The second kappa shape index (κ2) is 8.61. The first kappa shape index (κ1) is 19.4. The van der Waals surface area contributed by atoms with Crippen LogP contribution in [0.15, 0.2) is 78.9 Å². The van der Waals surface area contributed by atoms with E-state index in [1.54, 1.807) is 36.4 Å². The third kappa shape index (κ3) is 4.38. The second-order valence-electron chi connectivity index (χ2n) is 6.94. The van der Waals surface area contributed by atoms with Crippen molar-refractivity contribution >= 4 is 23.4 Å². The Morgan fingerprint density at radius 1 is 0.833 bits per heavy atom. The summed E-state index contributed by atoms with van der Waals surface area (Å²) in [7, 11) is 0. The van der Waals surface area contributed by atoms with Crippen LogP contribution in [0.4, 0.5) is 5.69 Å². The molecule has 1 aliphatic heterocycles. The first-order valence-corrected chi connectivity index (χ1v) is 9.65. The van der Waals surface area contributed by atoms with Crippen LogP contribution >= 0.6 is 0 Å². The molecule has 6 heteroatoms. The molecule has 0 saturated carbocycles. The Morgan fingerprint density at radius 3 is 2.17 bits per heavy atom. The van der Waals surface area contributed by atoms with E-state index in [4.69, 9.17) is 4.74 Å². The Morgan fingerprint density at radius 2 is 1.47 bits per heavy atom. The van der Waals surface area contributed by atoms with Gasteiger partial charge in [-0.1, -0.05) is 42.5 Å². The Balaban J connectivity index is 1.44. The molecule has 0 bridgehead atoms. The van der Waals surface area contributed by atoms with Crippen LogP contribution in [0.3, 0.4) is 0 Å². The van der Waals surface area contributed by atoms with Crippen molar-refractivity contribution in [2.75, 3.05) is 5.32 Å². The topological polar surface area (TPSA) is 75.7 Å². The Labute approximate surface area is 174 Å². The van der Waals surface area contributed by atoms with Crippen molar-refractivity contribution in [3.63, 3.8) is 0 Å². The van der Waals surface area contributed by atoms with Gasteiger partial charge in [0.15, 0.2) is 5.75 Å². The summed E-state index contributed by atoms with van der Waals surface area (Å²) in [5.41, 5.74) is 1.82. The lowest BCUT2D eigenvalue weighted by Gasteiger charge is -2.14. The van der Waals surface area contributed by atoms with Gasteiger partial charge in [0.1, 0.15) is 5.75 Å². The molecule has 0 radical (unpaired) electrons. The van der Waals surface area contributed by atoms with E-state index in [0.29, 0.717) is 22.7 Å². The number of likely N-dealkylation sites (tertiary alicyclic amines) is 1. The quantitative estimate of drug-likeness (QED) is 0.623. The Kier molecular flexibility index (Phi) is 5.57. The van der Waals surface area contributed by atoms with Gasteiger partial charge in [0.05, 0.1) is 12.2 Å². The number of benzene rings is 3. The van der Waals surface area contributed by atoms with E-state index >= 15 is 0 Å². The molecule has 3 aromatic carbocycles. The van der Waals surface area contributed by atoms with E-state index in [2.05, 4.69) is 5.32 Å². The molecule has 1 heterocycles. The molecule has 1 aliphatic rings. The summed E-state index contributed by atoms with van der Waals surface area (Å²) in [6.45, 7) is 0.229. The lowest BCUT2D eigenvalue weighted by molar-refractivity contribution is -0.139. The first-order chi connectivity index (χ1) is 14.6. The van der Waals surface area contributed by atoms with Gasteiger partial charge in [0, 0.05) is 18.4 Å². The number of amides is 3. The number of imide groups is 1. The smallest absolute Gasteiger partial charge is 0.255 e. The maximum absolute atomic E-state index is 12.7. The zero-order chi connectivity index (χ0) is 20.9. The molecule has 1 saturated heterocycles. The molecule has 3 aromatic rings. The Hall–Kier alpha value is -3.93. The fourth-order valence-corrected chi connectivity index (χ4v) is 3.21. The van der Waals surface area contributed by atoms with Crippen molar-refractivity contribution in [1.82, 2.24) is 4.90 Å². The molecule has 0 unspecified atom stereocenters. The van der Waals surface area contributed by atoms with Gasteiger partial charge >= 0.3 is 0 Å². The van der Waals surface area contributed by atoms with Crippen LogP contribution in [0.2, 0.25) is 0 Å². The predicted octanol–water partition coefficient (Wildman–Crippen LogP) is 4.38.